The first-order chi connectivity index (χ1) is 11.7. The topological polar surface area (TPSA) is 53.6 Å². The van der Waals surface area contributed by atoms with Crippen LogP contribution >= 0.6 is 11.3 Å². The van der Waals surface area contributed by atoms with Gasteiger partial charge in [0.15, 0.2) is 5.13 Å². The molecule has 1 unspecified atom stereocenters. The maximum Gasteiger partial charge on any atom is 0.183 e. The number of para-hydroxylation sites is 2. The number of rotatable bonds is 4. The van der Waals surface area contributed by atoms with Gasteiger partial charge in [-0.1, -0.05) is 12.1 Å². The highest BCUT2D eigenvalue weighted by Gasteiger charge is 2.13. The Morgan fingerprint density at radius 3 is 2.67 bits per heavy atom. The highest BCUT2D eigenvalue weighted by Crippen LogP contribution is 2.27. The van der Waals surface area contributed by atoms with Gasteiger partial charge in [-0.15, -0.1) is 11.3 Å². The van der Waals surface area contributed by atoms with Crippen molar-refractivity contribution in [2.24, 2.45) is 0 Å². The second-order valence-corrected chi connectivity index (χ2v) is 6.41. The van der Waals surface area contributed by atoms with Gasteiger partial charge in [0, 0.05) is 10.9 Å². The maximum absolute atomic E-state index is 13.0. The predicted molar refractivity (Wildman–Crippen MR) is 95.6 cm³/mol. The van der Waals surface area contributed by atoms with Crippen molar-refractivity contribution in [3.05, 3.63) is 65.6 Å². The zero-order valence-corrected chi connectivity index (χ0v) is 13.8. The van der Waals surface area contributed by atoms with Crippen LogP contribution in [0.15, 0.2) is 53.9 Å². The molecule has 4 aromatic rings. The quantitative estimate of drug-likeness (QED) is 0.550. The van der Waals surface area contributed by atoms with Crippen LogP contribution in [0, 0.1) is 5.82 Å². The molecule has 0 aliphatic carbocycles. The zero-order chi connectivity index (χ0) is 16.5. The van der Waals surface area contributed by atoms with Crippen LogP contribution in [-0.2, 0) is 0 Å². The number of benzene rings is 2. The number of anilines is 1. The molecule has 0 radical (unpaired) electrons. The van der Waals surface area contributed by atoms with E-state index in [1.54, 1.807) is 12.1 Å². The average Bonchev–Trinajstić information content (AvgIpc) is 3.22. The van der Waals surface area contributed by atoms with Crippen LogP contribution in [-0.4, -0.2) is 15.0 Å². The number of hydrogen-bond donors (Lipinski definition) is 2. The fourth-order valence-electron chi connectivity index (χ4n) is 2.52. The van der Waals surface area contributed by atoms with Gasteiger partial charge in [0.05, 0.1) is 22.8 Å². The zero-order valence-electron chi connectivity index (χ0n) is 13.0. The standard InChI is InChI=1S/C18H15FN4S/c1-11(17-21-14-4-2-3-5-15(14)22-17)20-18-23-16(10-24-18)12-6-8-13(19)9-7-12/h2-11H,1H3,(H,20,23)(H,21,22). The maximum atomic E-state index is 13.0. The van der Waals surface area contributed by atoms with Crippen LogP contribution in [0.1, 0.15) is 18.8 Å². The number of imidazole rings is 1. The third kappa shape index (κ3) is 2.88. The van der Waals surface area contributed by atoms with E-state index < -0.39 is 0 Å². The van der Waals surface area contributed by atoms with Gasteiger partial charge in [-0.05, 0) is 43.3 Å². The molecule has 0 aliphatic rings. The molecule has 4 nitrogen and oxygen atoms in total. The van der Waals surface area contributed by atoms with E-state index in [0.717, 1.165) is 33.2 Å². The van der Waals surface area contributed by atoms with Gasteiger partial charge in [-0.3, -0.25) is 0 Å². The number of H-pyrrole nitrogens is 1. The van der Waals surface area contributed by atoms with Crippen molar-refractivity contribution in [1.82, 2.24) is 15.0 Å². The van der Waals surface area contributed by atoms with Gasteiger partial charge in [-0.25, -0.2) is 14.4 Å². The van der Waals surface area contributed by atoms with E-state index in [9.17, 15) is 4.39 Å². The number of aromatic nitrogens is 3. The molecule has 2 N–H and O–H groups in total. The van der Waals surface area contributed by atoms with E-state index in [1.807, 2.05) is 36.6 Å². The minimum Gasteiger partial charge on any atom is -0.352 e. The number of nitrogens with one attached hydrogen (secondary N) is 2. The lowest BCUT2D eigenvalue weighted by molar-refractivity contribution is 0.628. The molecular formula is C18H15FN4S. The first-order valence-corrected chi connectivity index (χ1v) is 8.49. The van der Waals surface area contributed by atoms with Crippen LogP contribution in [0.2, 0.25) is 0 Å². The number of thiazole rings is 1. The lowest BCUT2D eigenvalue weighted by Gasteiger charge is -2.09. The first kappa shape index (κ1) is 14.8. The first-order valence-electron chi connectivity index (χ1n) is 7.62. The molecule has 2 heterocycles. The van der Waals surface area contributed by atoms with E-state index >= 15 is 0 Å². The molecule has 4 rings (SSSR count). The minimum absolute atomic E-state index is 0.00428. The van der Waals surface area contributed by atoms with E-state index in [-0.39, 0.29) is 11.9 Å². The minimum atomic E-state index is -0.245. The number of halogens is 1. The van der Waals surface area contributed by atoms with E-state index in [4.69, 9.17) is 0 Å². The van der Waals surface area contributed by atoms with Gasteiger partial charge in [0.1, 0.15) is 11.6 Å². The lowest BCUT2D eigenvalue weighted by atomic mass is 10.2. The molecule has 2 aromatic carbocycles. The summed E-state index contributed by atoms with van der Waals surface area (Å²) in [5, 5.41) is 6.13. The lowest BCUT2D eigenvalue weighted by Crippen LogP contribution is -2.08. The van der Waals surface area contributed by atoms with Gasteiger partial charge in [-0.2, -0.15) is 0 Å². The SMILES string of the molecule is CC(Nc1nc(-c2ccc(F)cc2)cs1)c1nc2ccccc2[nH]1. The number of aromatic amines is 1. The molecule has 0 fully saturated rings. The summed E-state index contributed by atoms with van der Waals surface area (Å²) in [4.78, 5) is 12.5. The second-order valence-electron chi connectivity index (χ2n) is 5.55. The average molecular weight is 338 g/mol. The molecule has 24 heavy (non-hydrogen) atoms. The van der Waals surface area contributed by atoms with Crippen LogP contribution < -0.4 is 5.32 Å². The summed E-state index contributed by atoms with van der Waals surface area (Å²) in [7, 11) is 0. The molecule has 0 aliphatic heterocycles. The Bertz CT molecular complexity index is 941. The fraction of sp³-hybridized carbons (Fsp3) is 0.111. The molecule has 120 valence electrons. The summed E-state index contributed by atoms with van der Waals surface area (Å²) in [5.74, 6) is 0.626. The highest BCUT2D eigenvalue weighted by molar-refractivity contribution is 7.14. The molecule has 0 bridgehead atoms. The summed E-state index contributed by atoms with van der Waals surface area (Å²) in [6.07, 6.45) is 0. The fourth-order valence-corrected chi connectivity index (χ4v) is 3.33. The third-order valence-electron chi connectivity index (χ3n) is 3.80. The molecule has 2 aromatic heterocycles. The number of hydrogen-bond acceptors (Lipinski definition) is 4. The third-order valence-corrected chi connectivity index (χ3v) is 4.58. The molecule has 0 saturated carbocycles. The van der Waals surface area contributed by atoms with Crippen molar-refractivity contribution in [2.75, 3.05) is 5.32 Å². The van der Waals surface area contributed by atoms with Gasteiger partial charge < -0.3 is 10.3 Å². The monoisotopic (exact) mass is 338 g/mol. The molecule has 0 saturated heterocycles. The van der Waals surface area contributed by atoms with E-state index in [2.05, 4.69) is 20.3 Å². The van der Waals surface area contributed by atoms with Crippen molar-refractivity contribution >= 4 is 27.5 Å². The van der Waals surface area contributed by atoms with Gasteiger partial charge in [0.25, 0.3) is 0 Å². The van der Waals surface area contributed by atoms with Crippen molar-refractivity contribution in [1.29, 1.82) is 0 Å². The molecular weight excluding hydrogens is 323 g/mol. The molecule has 0 amide bonds. The Morgan fingerprint density at radius 2 is 1.88 bits per heavy atom. The van der Waals surface area contributed by atoms with Crippen molar-refractivity contribution in [3.8, 4) is 11.3 Å². The molecule has 0 spiro atoms. The number of fused-ring (bicyclic) bond motifs is 1. The Morgan fingerprint density at radius 1 is 1.08 bits per heavy atom. The van der Waals surface area contributed by atoms with E-state index in [0.29, 0.717) is 0 Å². The Kier molecular flexibility index (Phi) is 3.74. The summed E-state index contributed by atoms with van der Waals surface area (Å²) in [6.45, 7) is 2.04. The van der Waals surface area contributed by atoms with Gasteiger partial charge >= 0.3 is 0 Å². The van der Waals surface area contributed by atoms with Crippen LogP contribution in [0.3, 0.4) is 0 Å². The normalized spacial score (nSPS) is 12.4. The summed E-state index contributed by atoms with van der Waals surface area (Å²) >= 11 is 1.52. The Labute approximate surface area is 142 Å². The summed E-state index contributed by atoms with van der Waals surface area (Å²) < 4.78 is 13.0. The van der Waals surface area contributed by atoms with Crippen molar-refractivity contribution in [3.63, 3.8) is 0 Å². The van der Waals surface area contributed by atoms with Crippen LogP contribution in [0.5, 0.6) is 0 Å². The summed E-state index contributed by atoms with van der Waals surface area (Å²) in [6, 6.07) is 14.3. The van der Waals surface area contributed by atoms with Crippen molar-refractivity contribution in [2.45, 2.75) is 13.0 Å². The number of nitrogens with zero attached hydrogens (tertiary/aromatic N) is 2. The van der Waals surface area contributed by atoms with Crippen LogP contribution in [0.25, 0.3) is 22.3 Å². The Balaban J connectivity index is 1.53. The predicted octanol–water partition coefficient (Wildman–Crippen LogP) is 5.00. The molecule has 1 atom stereocenters. The van der Waals surface area contributed by atoms with Gasteiger partial charge in [0.2, 0.25) is 0 Å². The summed E-state index contributed by atoms with van der Waals surface area (Å²) in [5.41, 5.74) is 3.70. The van der Waals surface area contributed by atoms with Crippen LogP contribution in [0.4, 0.5) is 9.52 Å². The van der Waals surface area contributed by atoms with E-state index in [1.165, 1.54) is 23.5 Å². The van der Waals surface area contributed by atoms with Crippen molar-refractivity contribution < 1.29 is 4.39 Å². The largest absolute Gasteiger partial charge is 0.352 e. The molecule has 6 heteroatoms. The smallest absolute Gasteiger partial charge is 0.183 e. The second kappa shape index (κ2) is 6.05. The Hall–Kier alpha value is -2.73. The highest BCUT2D eigenvalue weighted by atomic mass is 32.1.